The summed E-state index contributed by atoms with van der Waals surface area (Å²) in [4.78, 5) is 25.9. The number of halogens is 1. The smallest absolute Gasteiger partial charge is 0.292 e. The van der Waals surface area contributed by atoms with Gasteiger partial charge < -0.3 is 10.2 Å². The van der Waals surface area contributed by atoms with Gasteiger partial charge in [0, 0.05) is 13.1 Å². The Kier molecular flexibility index (Phi) is 4.34. The van der Waals surface area contributed by atoms with Crippen molar-refractivity contribution in [1.82, 2.24) is 15.1 Å². The molecular weight excluding hydrogens is 316 g/mol. The van der Waals surface area contributed by atoms with Crippen LogP contribution in [0.5, 0.6) is 0 Å². The van der Waals surface area contributed by atoms with E-state index in [1.165, 1.54) is 10.9 Å². The van der Waals surface area contributed by atoms with Crippen LogP contribution in [0.2, 0.25) is 5.02 Å². The number of carbonyl (C=O) groups is 1. The van der Waals surface area contributed by atoms with Gasteiger partial charge in [-0.05, 0) is 25.0 Å². The van der Waals surface area contributed by atoms with E-state index in [1.807, 2.05) is 18.2 Å². The molecule has 1 fully saturated rings. The Morgan fingerprint density at radius 2 is 2.09 bits per heavy atom. The van der Waals surface area contributed by atoms with Crippen LogP contribution in [0.25, 0.3) is 5.69 Å². The number of para-hydroxylation sites is 1. The van der Waals surface area contributed by atoms with Crippen molar-refractivity contribution in [3.05, 3.63) is 51.9 Å². The van der Waals surface area contributed by atoms with Gasteiger partial charge in [0.05, 0.1) is 24.1 Å². The van der Waals surface area contributed by atoms with E-state index in [2.05, 4.69) is 10.4 Å². The lowest BCUT2D eigenvalue weighted by Gasteiger charge is -2.19. The summed E-state index contributed by atoms with van der Waals surface area (Å²) in [6.45, 7) is 0.132. The van der Waals surface area contributed by atoms with Crippen LogP contribution >= 0.6 is 11.6 Å². The topological polar surface area (TPSA) is 67.2 Å². The molecule has 23 heavy (non-hydrogen) atoms. The van der Waals surface area contributed by atoms with Gasteiger partial charge in [0.1, 0.15) is 5.02 Å². The van der Waals surface area contributed by atoms with Crippen molar-refractivity contribution in [1.29, 1.82) is 0 Å². The average molecular weight is 333 g/mol. The molecule has 0 saturated heterocycles. The molecule has 0 spiro atoms. The number of benzene rings is 1. The maximum absolute atomic E-state index is 12.4. The van der Waals surface area contributed by atoms with Gasteiger partial charge in [-0.3, -0.25) is 9.59 Å². The SMILES string of the molecule is CN(CC(=O)NC1CC1)c1cnn(-c2ccccc2)c(=O)c1Cl. The Balaban J connectivity index is 1.82. The molecule has 1 N–H and O–H groups in total. The maximum atomic E-state index is 12.4. The van der Waals surface area contributed by atoms with E-state index in [4.69, 9.17) is 11.6 Å². The normalized spacial score (nSPS) is 13.7. The van der Waals surface area contributed by atoms with Gasteiger partial charge in [-0.25, -0.2) is 0 Å². The molecule has 1 aliphatic carbocycles. The Morgan fingerprint density at radius 1 is 1.39 bits per heavy atom. The molecule has 7 heteroatoms. The Labute approximate surface area is 138 Å². The summed E-state index contributed by atoms with van der Waals surface area (Å²) >= 11 is 6.20. The minimum Gasteiger partial charge on any atom is -0.363 e. The lowest BCUT2D eigenvalue weighted by Crippen LogP contribution is -2.37. The van der Waals surface area contributed by atoms with Gasteiger partial charge in [0.15, 0.2) is 0 Å². The van der Waals surface area contributed by atoms with Gasteiger partial charge >= 0.3 is 0 Å². The van der Waals surface area contributed by atoms with Gasteiger partial charge in [-0.2, -0.15) is 9.78 Å². The van der Waals surface area contributed by atoms with Crippen molar-refractivity contribution in [2.24, 2.45) is 0 Å². The number of nitrogens with zero attached hydrogens (tertiary/aromatic N) is 3. The number of hydrogen-bond donors (Lipinski definition) is 1. The number of amides is 1. The first kappa shape index (κ1) is 15.6. The van der Waals surface area contributed by atoms with Crippen molar-refractivity contribution in [3.8, 4) is 5.69 Å². The number of anilines is 1. The summed E-state index contributed by atoms with van der Waals surface area (Å²) in [7, 11) is 1.71. The van der Waals surface area contributed by atoms with E-state index in [0.717, 1.165) is 12.8 Å². The fourth-order valence-corrected chi connectivity index (χ4v) is 2.52. The molecule has 0 atom stereocenters. The number of carbonyl (C=O) groups excluding carboxylic acids is 1. The highest BCUT2D eigenvalue weighted by Gasteiger charge is 2.24. The predicted octanol–water partition coefficient (Wildman–Crippen LogP) is 1.60. The molecular formula is C16H17ClN4O2. The maximum Gasteiger partial charge on any atom is 0.292 e. The monoisotopic (exact) mass is 332 g/mol. The van der Waals surface area contributed by atoms with E-state index in [1.54, 1.807) is 24.1 Å². The van der Waals surface area contributed by atoms with Gasteiger partial charge in [0.2, 0.25) is 5.91 Å². The molecule has 1 amide bonds. The highest BCUT2D eigenvalue weighted by atomic mass is 35.5. The lowest BCUT2D eigenvalue weighted by molar-refractivity contribution is -0.119. The quantitative estimate of drug-likeness (QED) is 0.903. The zero-order chi connectivity index (χ0) is 16.4. The van der Waals surface area contributed by atoms with E-state index in [0.29, 0.717) is 17.4 Å². The number of aromatic nitrogens is 2. The van der Waals surface area contributed by atoms with Crippen LogP contribution in [-0.4, -0.2) is 35.3 Å². The van der Waals surface area contributed by atoms with Crippen LogP contribution in [0.4, 0.5) is 5.69 Å². The largest absolute Gasteiger partial charge is 0.363 e. The van der Waals surface area contributed by atoms with Gasteiger partial charge in [-0.15, -0.1) is 0 Å². The fraction of sp³-hybridized carbons (Fsp3) is 0.312. The van der Waals surface area contributed by atoms with Crippen LogP contribution in [0.15, 0.2) is 41.3 Å². The highest BCUT2D eigenvalue weighted by Crippen LogP contribution is 2.21. The lowest BCUT2D eigenvalue weighted by atomic mass is 10.3. The Hall–Kier alpha value is -2.34. The van der Waals surface area contributed by atoms with E-state index < -0.39 is 5.56 Å². The third-order valence-electron chi connectivity index (χ3n) is 3.64. The molecule has 1 saturated carbocycles. The molecule has 0 radical (unpaired) electrons. The van der Waals surface area contributed by atoms with Crippen molar-refractivity contribution >= 4 is 23.2 Å². The molecule has 1 heterocycles. The summed E-state index contributed by atoms with van der Waals surface area (Å²) in [6, 6.07) is 9.35. The van der Waals surface area contributed by atoms with Crippen molar-refractivity contribution in [2.75, 3.05) is 18.5 Å². The second-order valence-electron chi connectivity index (χ2n) is 5.59. The van der Waals surface area contributed by atoms with Crippen molar-refractivity contribution in [2.45, 2.75) is 18.9 Å². The second kappa shape index (κ2) is 6.42. The minimum absolute atomic E-state index is 0.0468. The van der Waals surface area contributed by atoms with Crippen LogP contribution < -0.4 is 15.8 Å². The Bertz CT molecular complexity index is 771. The van der Waals surface area contributed by atoms with Gasteiger partial charge in [0.25, 0.3) is 5.56 Å². The first-order valence-corrected chi connectivity index (χ1v) is 7.78. The number of rotatable bonds is 5. The Morgan fingerprint density at radius 3 is 2.74 bits per heavy atom. The van der Waals surface area contributed by atoms with Crippen molar-refractivity contribution in [3.63, 3.8) is 0 Å². The molecule has 120 valence electrons. The molecule has 3 rings (SSSR count). The van der Waals surface area contributed by atoms with Gasteiger partial charge in [-0.1, -0.05) is 29.8 Å². The zero-order valence-electron chi connectivity index (χ0n) is 12.7. The fourth-order valence-electron chi connectivity index (χ4n) is 2.24. The number of hydrogen-bond acceptors (Lipinski definition) is 4. The van der Waals surface area contributed by atoms with E-state index in [-0.39, 0.29) is 17.5 Å². The van der Waals surface area contributed by atoms with Crippen LogP contribution in [0.3, 0.4) is 0 Å². The third kappa shape index (κ3) is 3.53. The molecule has 1 aromatic heterocycles. The summed E-state index contributed by atoms with van der Waals surface area (Å²) in [5.74, 6) is -0.0849. The van der Waals surface area contributed by atoms with E-state index >= 15 is 0 Å². The first-order chi connectivity index (χ1) is 11.1. The average Bonchev–Trinajstić information content (AvgIpc) is 3.34. The number of nitrogens with one attached hydrogen (secondary N) is 1. The van der Waals surface area contributed by atoms with Crippen LogP contribution in [0.1, 0.15) is 12.8 Å². The molecule has 1 aliphatic rings. The highest BCUT2D eigenvalue weighted by molar-refractivity contribution is 6.33. The van der Waals surface area contributed by atoms with Crippen LogP contribution in [0, 0.1) is 0 Å². The standard InChI is InChI=1S/C16H17ClN4O2/c1-20(10-14(22)19-11-7-8-11)13-9-18-21(16(23)15(13)17)12-5-3-2-4-6-12/h2-6,9,11H,7-8,10H2,1H3,(H,19,22). The van der Waals surface area contributed by atoms with Crippen LogP contribution in [-0.2, 0) is 4.79 Å². The molecule has 6 nitrogen and oxygen atoms in total. The first-order valence-electron chi connectivity index (χ1n) is 7.40. The van der Waals surface area contributed by atoms with E-state index in [9.17, 15) is 9.59 Å². The summed E-state index contributed by atoms with van der Waals surface area (Å²) in [6.07, 6.45) is 3.57. The third-order valence-corrected chi connectivity index (χ3v) is 3.99. The summed E-state index contributed by atoms with van der Waals surface area (Å²) in [5, 5.41) is 7.10. The molecule has 2 aromatic rings. The predicted molar refractivity (Wildman–Crippen MR) is 89.3 cm³/mol. The summed E-state index contributed by atoms with van der Waals surface area (Å²) < 4.78 is 1.24. The molecule has 1 aromatic carbocycles. The molecule has 0 unspecified atom stereocenters. The molecule has 0 aliphatic heterocycles. The molecule has 0 bridgehead atoms. The van der Waals surface area contributed by atoms with Crippen molar-refractivity contribution < 1.29 is 4.79 Å². The minimum atomic E-state index is -0.412. The zero-order valence-corrected chi connectivity index (χ0v) is 13.5. The second-order valence-corrected chi connectivity index (χ2v) is 5.97. The summed E-state index contributed by atoms with van der Waals surface area (Å²) in [5.41, 5.74) is 0.666. The number of likely N-dealkylation sites (N-methyl/N-ethyl adjacent to an activating group) is 1.